The first-order valence-corrected chi connectivity index (χ1v) is 41.1. The summed E-state index contributed by atoms with van der Waals surface area (Å²) in [6.45, 7) is 4.45. The van der Waals surface area contributed by atoms with E-state index in [2.05, 4.69) is 149 Å². The number of ether oxygens (including phenoxy) is 4. The number of aliphatic hydroxyl groups is 1. The van der Waals surface area contributed by atoms with Gasteiger partial charge >= 0.3 is 39.5 Å². The van der Waals surface area contributed by atoms with E-state index in [1.54, 1.807) is 0 Å². The minimum atomic E-state index is -5.01. The van der Waals surface area contributed by atoms with E-state index in [-0.39, 0.29) is 25.7 Å². The second-order valence-corrected chi connectivity index (χ2v) is 27.7. The Morgan fingerprint density at radius 2 is 0.530 bits per heavy atom. The molecule has 0 spiro atoms. The molecule has 0 heterocycles. The molecule has 0 saturated heterocycles. The average Bonchev–Trinajstić information content (AvgIpc) is 1.00. The molecule has 5 atom stereocenters. The second-order valence-electron chi connectivity index (χ2n) is 24.8. The van der Waals surface area contributed by atoms with Gasteiger partial charge in [0.2, 0.25) is 0 Å². The van der Waals surface area contributed by atoms with Gasteiger partial charge in [-0.25, -0.2) is 9.13 Å². The third kappa shape index (κ3) is 71.3. The minimum absolute atomic E-state index is 0.000162. The molecule has 0 aromatic carbocycles. The highest BCUT2D eigenvalue weighted by atomic mass is 31.2. The van der Waals surface area contributed by atoms with Crippen molar-refractivity contribution in [1.29, 1.82) is 0 Å². The maximum absolute atomic E-state index is 13.1. The van der Waals surface area contributed by atoms with Gasteiger partial charge in [-0.2, -0.15) is 0 Å². The number of phosphoric acid groups is 2. The molecule has 19 heteroatoms. The lowest BCUT2D eigenvalue weighted by molar-refractivity contribution is -0.161. The van der Waals surface area contributed by atoms with Gasteiger partial charge in [-0.3, -0.25) is 37.3 Å². The zero-order valence-corrected chi connectivity index (χ0v) is 63.9. The van der Waals surface area contributed by atoms with Gasteiger partial charge in [0.05, 0.1) is 26.4 Å². The fourth-order valence-corrected chi connectivity index (χ4v) is 11.1. The van der Waals surface area contributed by atoms with Gasteiger partial charge in [0.25, 0.3) is 0 Å². The Morgan fingerprint density at radius 1 is 0.290 bits per heavy atom. The third-order valence-corrected chi connectivity index (χ3v) is 17.2. The lowest BCUT2D eigenvalue weighted by Crippen LogP contribution is -2.30. The van der Waals surface area contributed by atoms with Crippen LogP contribution >= 0.6 is 15.6 Å². The monoisotopic (exact) mass is 1440 g/mol. The van der Waals surface area contributed by atoms with Crippen LogP contribution in [0.2, 0.25) is 0 Å². The molecule has 0 radical (unpaired) electrons. The van der Waals surface area contributed by atoms with Crippen LogP contribution in [0.25, 0.3) is 0 Å². The summed E-state index contributed by atoms with van der Waals surface area (Å²) in [6.07, 6.45) is 81.4. The molecule has 570 valence electrons. The number of allylic oxidation sites excluding steroid dienone is 24. The van der Waals surface area contributed by atoms with Gasteiger partial charge in [-0.05, 0) is 135 Å². The zero-order valence-electron chi connectivity index (χ0n) is 62.1. The van der Waals surface area contributed by atoms with Crippen molar-refractivity contribution < 1.29 is 80.2 Å². The SMILES string of the molecule is CC/C=C\C/C=C\C/C=C\C/C=C\C/C=C\CCCC(=O)OCC(COP(=O)(O)OCC(O)COP(=O)(O)OCC(COC(=O)CCCCCCC/C=C\C/C=C\CCCCC)OC(=O)CCCCCCCCCCCCC)OC(=O)CCC/C=C\C/C=C\C/C=C\C/C=C\C/C=C\CC. The standard InChI is InChI=1S/C81H134O17P2/c1-5-9-13-17-21-25-29-32-35-37-40-43-47-50-54-58-62-66-79(84)92-72-77(98-81(86)68-64-60-56-52-48-44-41-38-36-33-30-26-22-18-14-10-6-2)74-96-100(89,90)94-70-75(82)69-93-99(87,88)95-73-76(97-80(85)67-63-59-55-51-45-28-24-20-16-12-8-4)71-91-78(83)65-61-57-53-49-46-42-39-34-31-27-23-19-15-11-7-3/h9-10,13-14,21-23,25-27,32-36,39-41,43-44,50,52,54,56,75-77,82H,5-8,11-12,15-20,24,28-31,37-38,42,45-49,51,53,55,57-74H2,1-4H3,(H,87,88)(H,89,90)/b13-9-,14-10-,25-21-,26-22-,27-23-,35-32-,36-33-,39-34-,43-40-,44-41-,54-50-,56-52-. The number of esters is 4. The maximum Gasteiger partial charge on any atom is 0.472 e. The topological polar surface area (TPSA) is 237 Å². The summed E-state index contributed by atoms with van der Waals surface area (Å²) in [7, 11) is -9.99. The first kappa shape index (κ1) is 94.9. The number of hydrogen-bond acceptors (Lipinski definition) is 15. The van der Waals surface area contributed by atoms with Crippen molar-refractivity contribution in [3.05, 3.63) is 146 Å². The number of carbonyl (C=O) groups excluding carboxylic acids is 4. The van der Waals surface area contributed by atoms with Crippen molar-refractivity contribution in [2.75, 3.05) is 39.6 Å². The predicted molar refractivity (Wildman–Crippen MR) is 408 cm³/mol. The van der Waals surface area contributed by atoms with Crippen LogP contribution in [0.1, 0.15) is 285 Å². The summed E-state index contributed by atoms with van der Waals surface area (Å²) in [5.41, 5.74) is 0. The van der Waals surface area contributed by atoms with Crippen molar-refractivity contribution >= 4 is 39.5 Å². The van der Waals surface area contributed by atoms with Crippen LogP contribution in [0.5, 0.6) is 0 Å². The Balaban J connectivity index is 5.46. The summed E-state index contributed by atoms with van der Waals surface area (Å²) in [4.78, 5) is 72.8. The summed E-state index contributed by atoms with van der Waals surface area (Å²) < 4.78 is 68.3. The van der Waals surface area contributed by atoms with Crippen LogP contribution in [0.3, 0.4) is 0 Å². The van der Waals surface area contributed by atoms with E-state index in [1.165, 1.54) is 57.8 Å². The molecule has 0 aromatic heterocycles. The molecule has 0 aliphatic rings. The molecular formula is C81H134O17P2. The van der Waals surface area contributed by atoms with Crippen LogP contribution < -0.4 is 0 Å². The fraction of sp³-hybridized carbons (Fsp3) is 0.654. The van der Waals surface area contributed by atoms with Gasteiger partial charge in [-0.15, -0.1) is 0 Å². The Morgan fingerprint density at radius 3 is 0.870 bits per heavy atom. The smallest absolute Gasteiger partial charge is 0.462 e. The van der Waals surface area contributed by atoms with Crippen molar-refractivity contribution in [3.63, 3.8) is 0 Å². The van der Waals surface area contributed by atoms with Crippen LogP contribution in [-0.2, 0) is 65.4 Å². The summed E-state index contributed by atoms with van der Waals surface area (Å²) in [5, 5.41) is 10.6. The molecule has 0 aromatic rings. The first-order valence-electron chi connectivity index (χ1n) is 38.1. The Hall–Kier alpha value is -5.06. The summed E-state index contributed by atoms with van der Waals surface area (Å²) >= 11 is 0. The Kier molecular flexibility index (Phi) is 68.6. The molecule has 0 aliphatic carbocycles. The highest BCUT2D eigenvalue weighted by Crippen LogP contribution is 2.45. The Labute approximate surface area is 605 Å². The molecular weight excluding hydrogens is 1310 g/mol. The van der Waals surface area contributed by atoms with E-state index in [4.69, 9.17) is 37.0 Å². The van der Waals surface area contributed by atoms with Gasteiger partial charge in [0.15, 0.2) is 12.2 Å². The number of hydrogen-bond donors (Lipinski definition) is 3. The molecule has 17 nitrogen and oxygen atoms in total. The molecule has 0 fully saturated rings. The van der Waals surface area contributed by atoms with Crippen LogP contribution in [0.4, 0.5) is 0 Å². The van der Waals surface area contributed by atoms with Crippen LogP contribution in [-0.4, -0.2) is 96.7 Å². The minimum Gasteiger partial charge on any atom is -0.462 e. The lowest BCUT2D eigenvalue weighted by Gasteiger charge is -2.21. The number of rotatable bonds is 70. The molecule has 0 saturated carbocycles. The van der Waals surface area contributed by atoms with Crippen molar-refractivity contribution in [1.82, 2.24) is 0 Å². The van der Waals surface area contributed by atoms with E-state index in [0.717, 1.165) is 135 Å². The van der Waals surface area contributed by atoms with E-state index >= 15 is 0 Å². The molecule has 3 N–H and O–H groups in total. The number of phosphoric ester groups is 2. The average molecular weight is 1440 g/mol. The largest absolute Gasteiger partial charge is 0.472 e. The number of unbranched alkanes of at least 4 members (excludes halogenated alkanes) is 20. The highest BCUT2D eigenvalue weighted by Gasteiger charge is 2.30. The summed E-state index contributed by atoms with van der Waals surface area (Å²) in [6, 6.07) is 0. The van der Waals surface area contributed by atoms with E-state index in [9.17, 15) is 43.2 Å². The number of carbonyl (C=O) groups is 4. The van der Waals surface area contributed by atoms with Gasteiger partial charge in [-0.1, -0.05) is 270 Å². The van der Waals surface area contributed by atoms with E-state index in [0.29, 0.717) is 38.5 Å². The third-order valence-electron chi connectivity index (χ3n) is 15.3. The zero-order chi connectivity index (χ0) is 73.2. The molecule has 0 rings (SSSR count). The van der Waals surface area contributed by atoms with Crippen molar-refractivity contribution in [2.45, 2.75) is 303 Å². The molecule has 0 aliphatic heterocycles. The molecule has 5 unspecified atom stereocenters. The van der Waals surface area contributed by atoms with Crippen LogP contribution in [0, 0.1) is 0 Å². The maximum atomic E-state index is 13.1. The predicted octanol–water partition coefficient (Wildman–Crippen LogP) is 21.9. The molecule has 0 amide bonds. The summed E-state index contributed by atoms with van der Waals surface area (Å²) in [5.74, 6) is -2.33. The van der Waals surface area contributed by atoms with Crippen LogP contribution in [0.15, 0.2) is 146 Å². The van der Waals surface area contributed by atoms with Crippen molar-refractivity contribution in [2.24, 2.45) is 0 Å². The van der Waals surface area contributed by atoms with E-state index in [1.807, 2.05) is 24.3 Å². The normalized spacial score (nSPS) is 14.8. The van der Waals surface area contributed by atoms with Gasteiger partial charge < -0.3 is 33.8 Å². The Bertz CT molecular complexity index is 2470. The highest BCUT2D eigenvalue weighted by molar-refractivity contribution is 7.47. The fourth-order valence-electron chi connectivity index (χ4n) is 9.56. The second kappa shape index (κ2) is 72.3. The van der Waals surface area contributed by atoms with Crippen molar-refractivity contribution in [3.8, 4) is 0 Å². The first-order chi connectivity index (χ1) is 48.7. The van der Waals surface area contributed by atoms with Gasteiger partial charge in [0, 0.05) is 25.7 Å². The quantitative estimate of drug-likeness (QED) is 0.0169. The van der Waals surface area contributed by atoms with Gasteiger partial charge in [0.1, 0.15) is 19.3 Å². The molecule has 100 heavy (non-hydrogen) atoms. The lowest BCUT2D eigenvalue weighted by atomic mass is 10.1. The van der Waals surface area contributed by atoms with E-state index < -0.39 is 97.5 Å². The molecule has 0 bridgehead atoms. The number of aliphatic hydroxyl groups excluding tert-OH is 1.